The highest BCUT2D eigenvalue weighted by molar-refractivity contribution is 6.02. The van der Waals surface area contributed by atoms with Gasteiger partial charge in [0.15, 0.2) is 5.78 Å². The molecule has 1 unspecified atom stereocenters. The van der Waals surface area contributed by atoms with Gasteiger partial charge in [0, 0.05) is 11.5 Å². The van der Waals surface area contributed by atoms with Gasteiger partial charge in [0.25, 0.3) is 0 Å². The van der Waals surface area contributed by atoms with Crippen molar-refractivity contribution in [1.82, 2.24) is 0 Å². The van der Waals surface area contributed by atoms with Crippen molar-refractivity contribution in [2.75, 3.05) is 0 Å². The highest BCUT2D eigenvalue weighted by atomic mass is 16.1. The normalized spacial score (nSPS) is 12.2. The van der Waals surface area contributed by atoms with E-state index < -0.39 is 0 Å². The molecule has 2 aromatic rings. The summed E-state index contributed by atoms with van der Waals surface area (Å²) < 4.78 is 0. The Morgan fingerprint density at radius 2 is 1.55 bits per heavy atom. The first kappa shape index (κ1) is 14.5. The zero-order chi connectivity index (χ0) is 14.7. The summed E-state index contributed by atoms with van der Waals surface area (Å²) >= 11 is 0. The van der Waals surface area contributed by atoms with Crippen molar-refractivity contribution in [2.45, 2.75) is 40.0 Å². The molecule has 2 rings (SSSR count). The molecule has 104 valence electrons. The monoisotopic (exact) mass is 266 g/mol. The molecule has 20 heavy (non-hydrogen) atoms. The van der Waals surface area contributed by atoms with Gasteiger partial charge in [-0.2, -0.15) is 0 Å². The van der Waals surface area contributed by atoms with Crippen LogP contribution in [0.25, 0.3) is 0 Å². The number of hydrogen-bond acceptors (Lipinski definition) is 1. The molecule has 0 aromatic heterocycles. The van der Waals surface area contributed by atoms with Gasteiger partial charge in [-0.05, 0) is 55.5 Å². The average molecular weight is 266 g/mol. The minimum absolute atomic E-state index is 0.0444. The van der Waals surface area contributed by atoms with Gasteiger partial charge >= 0.3 is 0 Å². The predicted molar refractivity (Wildman–Crippen MR) is 84.5 cm³/mol. The fraction of sp³-hybridized carbons (Fsp3) is 0.316. The maximum atomic E-state index is 12.9. The van der Waals surface area contributed by atoms with E-state index in [1.165, 1.54) is 11.1 Å². The topological polar surface area (TPSA) is 17.1 Å². The molecular formula is C19H22O. The van der Waals surface area contributed by atoms with Crippen molar-refractivity contribution < 1.29 is 4.79 Å². The van der Waals surface area contributed by atoms with E-state index in [-0.39, 0.29) is 11.7 Å². The molecule has 1 atom stereocenters. The lowest BCUT2D eigenvalue weighted by molar-refractivity contribution is 0.0956. The largest absolute Gasteiger partial charge is 0.293 e. The van der Waals surface area contributed by atoms with Crippen LogP contribution in [0.4, 0.5) is 0 Å². The maximum Gasteiger partial charge on any atom is 0.170 e. The van der Waals surface area contributed by atoms with Gasteiger partial charge < -0.3 is 0 Å². The van der Waals surface area contributed by atoms with Gasteiger partial charge in [0.05, 0.1) is 0 Å². The van der Waals surface area contributed by atoms with Crippen molar-refractivity contribution in [3.63, 3.8) is 0 Å². The van der Waals surface area contributed by atoms with Gasteiger partial charge in [-0.1, -0.05) is 43.3 Å². The smallest absolute Gasteiger partial charge is 0.170 e. The van der Waals surface area contributed by atoms with Crippen molar-refractivity contribution in [2.24, 2.45) is 0 Å². The molecule has 0 aliphatic carbocycles. The van der Waals surface area contributed by atoms with Crippen LogP contribution in [0.5, 0.6) is 0 Å². The highest BCUT2D eigenvalue weighted by Gasteiger charge is 2.21. The molecule has 1 nitrogen and oxygen atoms in total. The molecule has 0 bridgehead atoms. The first-order valence-electron chi connectivity index (χ1n) is 7.21. The lowest BCUT2D eigenvalue weighted by Crippen LogP contribution is -2.14. The van der Waals surface area contributed by atoms with Gasteiger partial charge in [0.2, 0.25) is 0 Å². The molecule has 0 spiro atoms. The van der Waals surface area contributed by atoms with Crippen LogP contribution in [-0.2, 0) is 0 Å². The Balaban J connectivity index is 2.42. The van der Waals surface area contributed by atoms with Crippen LogP contribution in [0.1, 0.15) is 51.9 Å². The second-order valence-electron chi connectivity index (χ2n) is 5.49. The Hall–Kier alpha value is -1.89. The van der Waals surface area contributed by atoms with E-state index in [1.54, 1.807) is 0 Å². The number of aryl methyl sites for hydroxylation is 3. The summed E-state index contributed by atoms with van der Waals surface area (Å²) in [6.07, 6.45) is 0.829. The minimum atomic E-state index is -0.0444. The zero-order valence-corrected chi connectivity index (χ0v) is 12.7. The second-order valence-corrected chi connectivity index (χ2v) is 5.49. The minimum Gasteiger partial charge on any atom is -0.293 e. The molecular weight excluding hydrogens is 244 g/mol. The van der Waals surface area contributed by atoms with E-state index in [2.05, 4.69) is 26.8 Å². The van der Waals surface area contributed by atoms with Crippen LogP contribution in [-0.4, -0.2) is 5.78 Å². The molecule has 0 aliphatic rings. The SMILES string of the molecule is CCC(C(=O)c1cc(C)c(C)cc1C)c1ccccc1. The molecule has 0 heterocycles. The zero-order valence-electron chi connectivity index (χ0n) is 12.7. The summed E-state index contributed by atoms with van der Waals surface area (Å²) in [5.74, 6) is 0.191. The number of benzene rings is 2. The molecule has 2 aromatic carbocycles. The first-order chi connectivity index (χ1) is 9.54. The fourth-order valence-corrected chi connectivity index (χ4v) is 2.67. The summed E-state index contributed by atoms with van der Waals surface area (Å²) in [5.41, 5.74) is 5.47. The van der Waals surface area contributed by atoms with Crippen LogP contribution < -0.4 is 0 Å². The summed E-state index contributed by atoms with van der Waals surface area (Å²) in [6, 6.07) is 14.2. The Morgan fingerprint density at radius 3 is 2.15 bits per heavy atom. The molecule has 0 N–H and O–H groups in total. The maximum absolute atomic E-state index is 12.9. The van der Waals surface area contributed by atoms with E-state index in [9.17, 15) is 4.79 Å². The second kappa shape index (κ2) is 6.04. The van der Waals surface area contributed by atoms with Gasteiger partial charge in [-0.3, -0.25) is 4.79 Å². The van der Waals surface area contributed by atoms with Crippen LogP contribution in [0.2, 0.25) is 0 Å². The van der Waals surface area contributed by atoms with Crippen molar-refractivity contribution in [3.05, 3.63) is 70.3 Å². The summed E-state index contributed by atoms with van der Waals surface area (Å²) in [5, 5.41) is 0. The standard InChI is InChI=1S/C19H22O/c1-5-17(16-9-7-6-8-10-16)19(20)18-12-14(3)13(2)11-15(18)4/h6-12,17H,5H2,1-4H3. The van der Waals surface area contributed by atoms with E-state index in [0.717, 1.165) is 23.1 Å². The number of ketones is 1. The third-order valence-electron chi connectivity index (χ3n) is 4.03. The Bertz CT molecular complexity index is 611. The summed E-state index contributed by atoms with van der Waals surface area (Å²) in [4.78, 5) is 12.9. The number of carbonyl (C=O) groups is 1. The summed E-state index contributed by atoms with van der Waals surface area (Å²) in [6.45, 7) is 8.25. The molecule has 0 saturated heterocycles. The number of Topliss-reactive ketones (excluding diaryl/α,β-unsaturated/α-hetero) is 1. The van der Waals surface area contributed by atoms with Crippen LogP contribution in [0.3, 0.4) is 0 Å². The third kappa shape index (κ3) is 2.82. The van der Waals surface area contributed by atoms with Gasteiger partial charge in [-0.15, -0.1) is 0 Å². The third-order valence-corrected chi connectivity index (χ3v) is 4.03. The van der Waals surface area contributed by atoms with E-state index in [1.807, 2.05) is 43.3 Å². The van der Waals surface area contributed by atoms with Gasteiger partial charge in [0.1, 0.15) is 0 Å². The lowest BCUT2D eigenvalue weighted by Gasteiger charge is -2.17. The Kier molecular flexibility index (Phi) is 4.39. The number of rotatable bonds is 4. The number of hydrogen-bond donors (Lipinski definition) is 0. The van der Waals surface area contributed by atoms with Gasteiger partial charge in [-0.25, -0.2) is 0 Å². The quantitative estimate of drug-likeness (QED) is 0.713. The summed E-state index contributed by atoms with van der Waals surface area (Å²) in [7, 11) is 0. The molecule has 0 amide bonds. The molecule has 0 saturated carbocycles. The average Bonchev–Trinajstić information content (AvgIpc) is 2.44. The highest BCUT2D eigenvalue weighted by Crippen LogP contribution is 2.27. The molecule has 0 aliphatic heterocycles. The lowest BCUT2D eigenvalue weighted by atomic mass is 9.86. The van der Waals surface area contributed by atoms with Crippen molar-refractivity contribution >= 4 is 5.78 Å². The van der Waals surface area contributed by atoms with E-state index >= 15 is 0 Å². The van der Waals surface area contributed by atoms with E-state index in [4.69, 9.17) is 0 Å². The first-order valence-corrected chi connectivity index (χ1v) is 7.21. The van der Waals surface area contributed by atoms with Crippen molar-refractivity contribution in [1.29, 1.82) is 0 Å². The molecule has 1 heteroatoms. The molecule has 0 fully saturated rings. The Morgan fingerprint density at radius 1 is 0.950 bits per heavy atom. The number of carbonyl (C=O) groups excluding carboxylic acids is 1. The van der Waals surface area contributed by atoms with E-state index in [0.29, 0.717) is 0 Å². The van der Waals surface area contributed by atoms with Crippen LogP contribution in [0, 0.1) is 20.8 Å². The van der Waals surface area contributed by atoms with Crippen LogP contribution in [0.15, 0.2) is 42.5 Å². The predicted octanol–water partition coefficient (Wildman–Crippen LogP) is 4.99. The van der Waals surface area contributed by atoms with Crippen LogP contribution >= 0.6 is 0 Å². The Labute approximate surface area is 121 Å². The van der Waals surface area contributed by atoms with Crippen molar-refractivity contribution in [3.8, 4) is 0 Å². The molecule has 0 radical (unpaired) electrons. The fourth-order valence-electron chi connectivity index (χ4n) is 2.67.